The molecule has 0 saturated heterocycles. The van der Waals surface area contributed by atoms with E-state index in [2.05, 4.69) is 6.92 Å². The van der Waals surface area contributed by atoms with Gasteiger partial charge in [-0.15, -0.1) is 0 Å². The van der Waals surface area contributed by atoms with Gasteiger partial charge in [-0.1, -0.05) is 142 Å². The zero-order valence-corrected chi connectivity index (χ0v) is 21.8. The molecule has 26 heavy (non-hydrogen) atoms. The molecule has 0 aliphatic carbocycles. The molecule has 0 aromatic rings. The van der Waals surface area contributed by atoms with E-state index in [0.29, 0.717) is 6.61 Å². The van der Waals surface area contributed by atoms with Crippen LogP contribution in [0.25, 0.3) is 0 Å². The van der Waals surface area contributed by atoms with Crippen LogP contribution in [0.15, 0.2) is 0 Å². The maximum absolute atomic E-state index is 8.72. The summed E-state index contributed by atoms with van der Waals surface area (Å²) in [5, 5.41) is 8.72. The first-order valence-corrected chi connectivity index (χ1v) is 12.0. The van der Waals surface area contributed by atoms with Crippen LogP contribution in [-0.4, -0.2) is 11.7 Å². The zero-order chi connectivity index (χ0) is 18.3. The Morgan fingerprint density at radius 2 is 0.538 bits per heavy atom. The minimum Gasteiger partial charge on any atom is -0.396 e. The fourth-order valence-corrected chi connectivity index (χ4v) is 3.72. The number of aliphatic hydroxyl groups is 1. The first-order chi connectivity index (χ1) is 12.4. The summed E-state index contributed by atoms with van der Waals surface area (Å²) in [5.41, 5.74) is 0. The van der Waals surface area contributed by atoms with Crippen molar-refractivity contribution in [3.63, 3.8) is 0 Å². The summed E-state index contributed by atoms with van der Waals surface area (Å²) in [5.74, 6) is 0. The van der Waals surface area contributed by atoms with Gasteiger partial charge in [0.1, 0.15) is 0 Å². The number of aliphatic hydroxyl groups excluding tert-OH is 1. The SMILES string of the molecule is CCCCCCCCCCCCCCCCCCCCCCCCO.[Hf]. The van der Waals surface area contributed by atoms with Gasteiger partial charge < -0.3 is 5.11 Å². The molecule has 0 radical (unpaired) electrons. The van der Waals surface area contributed by atoms with Gasteiger partial charge in [0.15, 0.2) is 0 Å². The van der Waals surface area contributed by atoms with Crippen LogP contribution < -0.4 is 0 Å². The molecule has 0 heterocycles. The summed E-state index contributed by atoms with van der Waals surface area (Å²) in [6.07, 6.45) is 31.1. The molecule has 0 aliphatic heterocycles. The second-order valence-corrected chi connectivity index (χ2v) is 8.15. The molecular formula is C24H50HfO. The molecule has 0 saturated carbocycles. The monoisotopic (exact) mass is 534 g/mol. The number of hydrogen-bond acceptors (Lipinski definition) is 1. The van der Waals surface area contributed by atoms with Crippen molar-refractivity contribution in [3.05, 3.63) is 0 Å². The third-order valence-electron chi connectivity index (χ3n) is 5.51. The standard InChI is InChI=1S/C24H50O.Hf/c1-2-3-4-5-6-7-8-9-10-11-12-13-14-15-16-17-18-19-20-21-22-23-24-25;/h25H,2-24H2,1H3;. The molecule has 0 fully saturated rings. The van der Waals surface area contributed by atoms with Crippen molar-refractivity contribution in [2.75, 3.05) is 6.61 Å². The minimum atomic E-state index is 0. The van der Waals surface area contributed by atoms with Crippen molar-refractivity contribution in [2.45, 2.75) is 148 Å². The minimum absolute atomic E-state index is 0. The van der Waals surface area contributed by atoms with Gasteiger partial charge in [-0.25, -0.2) is 0 Å². The second kappa shape index (κ2) is 28.0. The average molecular weight is 533 g/mol. The van der Waals surface area contributed by atoms with E-state index in [1.165, 1.54) is 135 Å². The molecule has 0 unspecified atom stereocenters. The van der Waals surface area contributed by atoms with Gasteiger partial charge in [-0.05, 0) is 6.42 Å². The third-order valence-corrected chi connectivity index (χ3v) is 5.51. The van der Waals surface area contributed by atoms with Crippen molar-refractivity contribution >= 4 is 0 Å². The van der Waals surface area contributed by atoms with E-state index in [-0.39, 0.29) is 25.8 Å². The van der Waals surface area contributed by atoms with E-state index in [4.69, 9.17) is 5.11 Å². The Bertz CT molecular complexity index is 198. The first-order valence-electron chi connectivity index (χ1n) is 12.0. The molecule has 0 atom stereocenters. The molecular weight excluding hydrogens is 483 g/mol. The van der Waals surface area contributed by atoms with Crippen molar-refractivity contribution in [1.82, 2.24) is 0 Å². The van der Waals surface area contributed by atoms with Crippen LogP contribution >= 0.6 is 0 Å². The zero-order valence-electron chi connectivity index (χ0n) is 18.2. The number of unbranched alkanes of at least 4 members (excludes halogenated alkanes) is 21. The second-order valence-electron chi connectivity index (χ2n) is 8.15. The summed E-state index contributed by atoms with van der Waals surface area (Å²) < 4.78 is 0. The van der Waals surface area contributed by atoms with Crippen LogP contribution in [0.1, 0.15) is 148 Å². The Hall–Kier alpha value is 0.830. The Balaban J connectivity index is 0. The van der Waals surface area contributed by atoms with Gasteiger partial charge in [0.2, 0.25) is 0 Å². The first kappa shape index (κ1) is 29.0. The molecule has 156 valence electrons. The van der Waals surface area contributed by atoms with Gasteiger partial charge >= 0.3 is 0 Å². The summed E-state index contributed by atoms with van der Waals surface area (Å²) in [7, 11) is 0. The van der Waals surface area contributed by atoms with Crippen LogP contribution in [0.5, 0.6) is 0 Å². The van der Waals surface area contributed by atoms with E-state index in [1.54, 1.807) is 0 Å². The van der Waals surface area contributed by atoms with Crippen LogP contribution in [0.2, 0.25) is 0 Å². The van der Waals surface area contributed by atoms with Crippen molar-refractivity contribution < 1.29 is 30.9 Å². The van der Waals surface area contributed by atoms with E-state index in [9.17, 15) is 0 Å². The molecule has 0 amide bonds. The van der Waals surface area contributed by atoms with Crippen LogP contribution in [-0.2, 0) is 25.8 Å². The van der Waals surface area contributed by atoms with Crippen LogP contribution in [0.3, 0.4) is 0 Å². The Labute approximate surface area is 185 Å². The van der Waals surface area contributed by atoms with Crippen molar-refractivity contribution in [3.8, 4) is 0 Å². The normalized spacial score (nSPS) is 10.8. The summed E-state index contributed by atoms with van der Waals surface area (Å²) in [4.78, 5) is 0. The Morgan fingerprint density at radius 3 is 0.731 bits per heavy atom. The largest absolute Gasteiger partial charge is 0.396 e. The molecule has 0 aliphatic rings. The summed E-state index contributed by atoms with van der Waals surface area (Å²) in [6, 6.07) is 0. The van der Waals surface area contributed by atoms with Gasteiger partial charge in [0, 0.05) is 32.5 Å². The number of rotatable bonds is 22. The van der Waals surface area contributed by atoms with E-state index in [1.807, 2.05) is 0 Å². The molecule has 0 bridgehead atoms. The Morgan fingerprint density at radius 1 is 0.346 bits per heavy atom. The topological polar surface area (TPSA) is 20.2 Å². The quantitative estimate of drug-likeness (QED) is 0.109. The molecule has 1 N–H and O–H groups in total. The fraction of sp³-hybridized carbons (Fsp3) is 1.00. The Kier molecular flexibility index (Phi) is 31.3. The average Bonchev–Trinajstić information content (AvgIpc) is 2.63. The third kappa shape index (κ3) is 27.1. The maximum Gasteiger partial charge on any atom is 0.0431 e. The molecule has 0 aromatic heterocycles. The maximum atomic E-state index is 8.72. The van der Waals surface area contributed by atoms with Crippen LogP contribution in [0, 0.1) is 0 Å². The van der Waals surface area contributed by atoms with Crippen molar-refractivity contribution in [1.29, 1.82) is 0 Å². The van der Waals surface area contributed by atoms with E-state index < -0.39 is 0 Å². The molecule has 0 spiro atoms. The van der Waals surface area contributed by atoms with Gasteiger partial charge in [-0.2, -0.15) is 0 Å². The van der Waals surface area contributed by atoms with Gasteiger partial charge in [0.05, 0.1) is 0 Å². The smallest absolute Gasteiger partial charge is 0.0431 e. The number of hydrogen-bond donors (Lipinski definition) is 1. The predicted molar refractivity (Wildman–Crippen MR) is 114 cm³/mol. The van der Waals surface area contributed by atoms with E-state index in [0.717, 1.165) is 6.42 Å². The van der Waals surface area contributed by atoms with Crippen LogP contribution in [0.4, 0.5) is 0 Å². The molecule has 2 heteroatoms. The van der Waals surface area contributed by atoms with Gasteiger partial charge in [-0.3, -0.25) is 0 Å². The predicted octanol–water partition coefficient (Wildman–Crippen LogP) is 8.58. The summed E-state index contributed by atoms with van der Waals surface area (Å²) in [6.45, 7) is 2.67. The molecule has 0 aromatic carbocycles. The fourth-order valence-electron chi connectivity index (χ4n) is 3.72. The van der Waals surface area contributed by atoms with E-state index >= 15 is 0 Å². The summed E-state index contributed by atoms with van der Waals surface area (Å²) >= 11 is 0. The molecule has 1 nitrogen and oxygen atoms in total. The van der Waals surface area contributed by atoms with Gasteiger partial charge in [0.25, 0.3) is 0 Å². The van der Waals surface area contributed by atoms with Crippen molar-refractivity contribution in [2.24, 2.45) is 0 Å². The molecule has 0 rings (SSSR count).